The maximum atomic E-state index is 12.8. The van der Waals surface area contributed by atoms with Crippen LogP contribution in [-0.2, 0) is 6.42 Å². The Kier molecular flexibility index (Phi) is 4.78. The van der Waals surface area contributed by atoms with Gasteiger partial charge in [-0.25, -0.2) is 4.68 Å². The molecule has 0 N–H and O–H groups in total. The van der Waals surface area contributed by atoms with Gasteiger partial charge >= 0.3 is 0 Å². The molecule has 0 unspecified atom stereocenters. The number of ether oxygens (including phenoxy) is 1. The Bertz CT molecular complexity index is 702. The topological polar surface area (TPSA) is 73.1 Å². The highest BCUT2D eigenvalue weighted by Gasteiger charge is 2.25. The quantitative estimate of drug-likeness (QED) is 0.859. The predicted molar refractivity (Wildman–Crippen MR) is 89.4 cm³/mol. The maximum absolute atomic E-state index is 12.8. The van der Waals surface area contributed by atoms with Gasteiger partial charge in [-0.05, 0) is 31.2 Å². The SMILES string of the molecule is CCc1c(C(=O)N2CCC(C)CC2)cnn1-c1ccc(OC)nn1. The average molecular weight is 329 g/mol. The number of nitrogens with zero attached hydrogens (tertiary/aromatic N) is 5. The van der Waals surface area contributed by atoms with E-state index in [0.717, 1.165) is 31.6 Å². The van der Waals surface area contributed by atoms with Crippen LogP contribution in [0.2, 0.25) is 0 Å². The maximum Gasteiger partial charge on any atom is 0.257 e. The molecular formula is C17H23N5O2. The molecule has 0 saturated carbocycles. The lowest BCUT2D eigenvalue weighted by molar-refractivity contribution is 0.0696. The molecule has 7 nitrogen and oxygen atoms in total. The van der Waals surface area contributed by atoms with Crippen molar-refractivity contribution >= 4 is 5.91 Å². The lowest BCUT2D eigenvalue weighted by Crippen LogP contribution is -2.38. The second kappa shape index (κ2) is 6.98. The first-order valence-electron chi connectivity index (χ1n) is 8.38. The summed E-state index contributed by atoms with van der Waals surface area (Å²) in [6.45, 7) is 5.88. The number of hydrogen-bond donors (Lipinski definition) is 0. The van der Waals surface area contributed by atoms with E-state index in [1.165, 1.54) is 0 Å². The van der Waals surface area contributed by atoms with Crippen LogP contribution in [0, 0.1) is 5.92 Å². The molecule has 1 fully saturated rings. The minimum Gasteiger partial charge on any atom is -0.480 e. The van der Waals surface area contributed by atoms with Crippen LogP contribution in [0.25, 0.3) is 5.82 Å². The van der Waals surface area contributed by atoms with E-state index in [-0.39, 0.29) is 5.91 Å². The van der Waals surface area contributed by atoms with E-state index in [0.29, 0.717) is 29.6 Å². The number of rotatable bonds is 4. The fraction of sp³-hybridized carbons (Fsp3) is 0.529. The standard InChI is InChI=1S/C17H23N5O2/c1-4-14-13(17(23)21-9-7-12(2)8-10-21)11-18-22(14)15-5-6-16(24-3)20-19-15/h5-6,11-12H,4,7-10H2,1-3H3. The second-order valence-corrected chi connectivity index (χ2v) is 6.18. The van der Waals surface area contributed by atoms with Gasteiger partial charge in [-0.1, -0.05) is 13.8 Å². The average Bonchev–Trinajstić information content (AvgIpc) is 3.05. The number of methoxy groups -OCH3 is 1. The zero-order valence-electron chi connectivity index (χ0n) is 14.4. The van der Waals surface area contributed by atoms with E-state index >= 15 is 0 Å². The number of carbonyl (C=O) groups is 1. The molecule has 0 spiro atoms. The van der Waals surface area contributed by atoms with Gasteiger partial charge in [0.25, 0.3) is 5.91 Å². The summed E-state index contributed by atoms with van der Waals surface area (Å²) in [5, 5.41) is 12.5. The molecule has 1 aliphatic heterocycles. The van der Waals surface area contributed by atoms with Crippen LogP contribution >= 0.6 is 0 Å². The summed E-state index contributed by atoms with van der Waals surface area (Å²) in [5.74, 6) is 1.78. The van der Waals surface area contributed by atoms with Crippen LogP contribution < -0.4 is 4.74 Å². The Hall–Kier alpha value is -2.44. The largest absolute Gasteiger partial charge is 0.480 e. The van der Waals surface area contributed by atoms with E-state index in [9.17, 15) is 4.79 Å². The van der Waals surface area contributed by atoms with Crippen LogP contribution in [0.3, 0.4) is 0 Å². The molecule has 128 valence electrons. The summed E-state index contributed by atoms with van der Waals surface area (Å²) < 4.78 is 6.72. The van der Waals surface area contributed by atoms with Crippen molar-refractivity contribution in [3.63, 3.8) is 0 Å². The molecule has 0 radical (unpaired) electrons. The number of piperidine rings is 1. The van der Waals surface area contributed by atoms with Crippen molar-refractivity contribution < 1.29 is 9.53 Å². The van der Waals surface area contributed by atoms with Crippen LogP contribution in [0.4, 0.5) is 0 Å². The van der Waals surface area contributed by atoms with Crippen molar-refractivity contribution in [2.45, 2.75) is 33.1 Å². The van der Waals surface area contributed by atoms with E-state index in [1.54, 1.807) is 30.1 Å². The van der Waals surface area contributed by atoms with Crippen molar-refractivity contribution in [1.82, 2.24) is 24.9 Å². The summed E-state index contributed by atoms with van der Waals surface area (Å²) in [6, 6.07) is 3.52. The van der Waals surface area contributed by atoms with E-state index in [2.05, 4.69) is 22.2 Å². The van der Waals surface area contributed by atoms with Crippen LogP contribution in [-0.4, -0.2) is 51.0 Å². The fourth-order valence-electron chi connectivity index (χ4n) is 3.01. The Balaban J connectivity index is 1.87. The van der Waals surface area contributed by atoms with Gasteiger partial charge < -0.3 is 9.64 Å². The molecule has 0 atom stereocenters. The summed E-state index contributed by atoms with van der Waals surface area (Å²) in [6.07, 6.45) is 4.46. The van der Waals surface area contributed by atoms with Crippen molar-refractivity contribution in [2.24, 2.45) is 5.92 Å². The van der Waals surface area contributed by atoms with Gasteiger partial charge in [0.15, 0.2) is 5.82 Å². The van der Waals surface area contributed by atoms with Crippen LogP contribution in [0.15, 0.2) is 18.3 Å². The number of likely N-dealkylation sites (tertiary alicyclic amines) is 1. The van der Waals surface area contributed by atoms with Gasteiger partial charge in [0.1, 0.15) is 0 Å². The van der Waals surface area contributed by atoms with Gasteiger partial charge in [-0.3, -0.25) is 4.79 Å². The fourth-order valence-corrected chi connectivity index (χ4v) is 3.01. The van der Waals surface area contributed by atoms with Gasteiger partial charge in [-0.15, -0.1) is 10.2 Å². The molecule has 3 heterocycles. The van der Waals surface area contributed by atoms with Crippen LogP contribution in [0.1, 0.15) is 42.7 Å². The Morgan fingerprint density at radius 2 is 2.04 bits per heavy atom. The molecule has 0 aliphatic carbocycles. The molecule has 2 aromatic heterocycles. The van der Waals surface area contributed by atoms with Crippen molar-refractivity contribution in [1.29, 1.82) is 0 Å². The Morgan fingerprint density at radius 3 is 2.62 bits per heavy atom. The molecule has 0 bridgehead atoms. The van der Waals surface area contributed by atoms with Gasteiger partial charge in [0, 0.05) is 19.2 Å². The molecule has 3 rings (SSSR count). The minimum atomic E-state index is 0.0615. The molecule has 24 heavy (non-hydrogen) atoms. The Morgan fingerprint density at radius 1 is 1.29 bits per heavy atom. The smallest absolute Gasteiger partial charge is 0.257 e. The monoisotopic (exact) mass is 329 g/mol. The minimum absolute atomic E-state index is 0.0615. The highest BCUT2D eigenvalue weighted by atomic mass is 16.5. The number of amides is 1. The molecule has 1 aliphatic rings. The molecule has 0 aromatic carbocycles. The lowest BCUT2D eigenvalue weighted by atomic mass is 9.98. The summed E-state index contributed by atoms with van der Waals surface area (Å²) in [4.78, 5) is 14.8. The molecule has 7 heteroatoms. The molecular weight excluding hydrogens is 306 g/mol. The van der Waals surface area contributed by atoms with Crippen LogP contribution in [0.5, 0.6) is 5.88 Å². The van der Waals surface area contributed by atoms with Crippen molar-refractivity contribution in [2.75, 3.05) is 20.2 Å². The van der Waals surface area contributed by atoms with Gasteiger partial charge in [0.2, 0.25) is 5.88 Å². The van der Waals surface area contributed by atoms with Crippen molar-refractivity contribution in [3.05, 3.63) is 29.6 Å². The number of aromatic nitrogens is 4. The first-order chi connectivity index (χ1) is 11.6. The number of carbonyl (C=O) groups excluding carboxylic acids is 1. The highest BCUT2D eigenvalue weighted by Crippen LogP contribution is 2.21. The lowest BCUT2D eigenvalue weighted by Gasteiger charge is -2.30. The molecule has 1 saturated heterocycles. The first-order valence-corrected chi connectivity index (χ1v) is 8.38. The summed E-state index contributed by atoms with van der Waals surface area (Å²) >= 11 is 0. The molecule has 2 aromatic rings. The normalized spacial score (nSPS) is 15.5. The van der Waals surface area contributed by atoms with Gasteiger partial charge in [-0.2, -0.15) is 5.10 Å². The Labute approximate surface area is 141 Å². The van der Waals surface area contributed by atoms with E-state index in [4.69, 9.17) is 4.74 Å². The summed E-state index contributed by atoms with van der Waals surface area (Å²) in [7, 11) is 1.55. The summed E-state index contributed by atoms with van der Waals surface area (Å²) in [5.41, 5.74) is 1.52. The highest BCUT2D eigenvalue weighted by molar-refractivity contribution is 5.95. The van der Waals surface area contributed by atoms with E-state index in [1.807, 2.05) is 11.8 Å². The third kappa shape index (κ3) is 3.11. The molecule has 1 amide bonds. The zero-order valence-corrected chi connectivity index (χ0v) is 14.4. The zero-order chi connectivity index (χ0) is 17.1. The van der Waals surface area contributed by atoms with Gasteiger partial charge in [0.05, 0.1) is 24.6 Å². The third-order valence-electron chi connectivity index (χ3n) is 4.56. The third-order valence-corrected chi connectivity index (χ3v) is 4.56. The number of hydrogen-bond acceptors (Lipinski definition) is 5. The first kappa shape index (κ1) is 16.4. The second-order valence-electron chi connectivity index (χ2n) is 6.18. The predicted octanol–water partition coefficient (Wildman–Crippen LogP) is 2.11. The van der Waals surface area contributed by atoms with Crippen molar-refractivity contribution in [3.8, 4) is 11.7 Å². The van der Waals surface area contributed by atoms with E-state index < -0.39 is 0 Å².